The molecule has 0 atom stereocenters. The molecule has 1 aromatic heterocycles. The number of hydrogen-bond donors (Lipinski definition) is 1. The quantitative estimate of drug-likeness (QED) is 0.582. The highest BCUT2D eigenvalue weighted by atomic mass is 32.2. The van der Waals surface area contributed by atoms with Crippen molar-refractivity contribution in [2.45, 2.75) is 51.7 Å². The molecule has 0 unspecified atom stereocenters. The Morgan fingerprint density at radius 3 is 2.72 bits per heavy atom. The van der Waals surface area contributed by atoms with Crippen LogP contribution in [-0.2, 0) is 4.79 Å². The number of carbonyl (C=O) groups is 1. The van der Waals surface area contributed by atoms with Crippen LogP contribution in [0.25, 0.3) is 0 Å². The summed E-state index contributed by atoms with van der Waals surface area (Å²) < 4.78 is 5.39. The second-order valence-electron chi connectivity index (χ2n) is 4.32. The Bertz CT molecular complexity index is 358. The van der Waals surface area contributed by atoms with Crippen molar-refractivity contribution in [2.24, 2.45) is 0 Å². The molecule has 0 aliphatic carbocycles. The molecule has 0 bridgehead atoms. The monoisotopic (exact) mass is 270 g/mol. The maximum atomic E-state index is 11.5. The van der Waals surface area contributed by atoms with E-state index in [1.807, 2.05) is 13.8 Å². The number of rotatable bonds is 8. The number of aromatic nitrogens is 1. The highest BCUT2D eigenvalue weighted by Gasteiger charge is 2.08. The predicted molar refractivity (Wildman–Crippen MR) is 73.9 cm³/mol. The number of aryl methyl sites for hydroxylation is 2. The van der Waals surface area contributed by atoms with Gasteiger partial charge in [-0.3, -0.25) is 4.79 Å². The summed E-state index contributed by atoms with van der Waals surface area (Å²) in [5.41, 5.74) is 0.887. The van der Waals surface area contributed by atoms with Gasteiger partial charge in [-0.2, -0.15) is 0 Å². The predicted octanol–water partition coefficient (Wildman–Crippen LogP) is 3.08. The first-order valence-corrected chi connectivity index (χ1v) is 7.45. The molecule has 1 rings (SSSR count). The van der Waals surface area contributed by atoms with Crippen molar-refractivity contribution < 1.29 is 9.21 Å². The number of carbonyl (C=O) groups excluding carboxylic acids is 1. The minimum atomic E-state index is 0.0463. The first-order valence-electron chi connectivity index (χ1n) is 6.47. The van der Waals surface area contributed by atoms with Gasteiger partial charge in [-0.25, -0.2) is 4.98 Å². The molecule has 102 valence electrons. The fraction of sp³-hybridized carbons (Fsp3) is 0.692. The lowest BCUT2D eigenvalue weighted by molar-refractivity contribution is -0.118. The summed E-state index contributed by atoms with van der Waals surface area (Å²) in [5.74, 6) is 1.23. The Morgan fingerprint density at radius 1 is 1.33 bits per heavy atom. The van der Waals surface area contributed by atoms with Crippen molar-refractivity contribution in [1.82, 2.24) is 10.3 Å². The van der Waals surface area contributed by atoms with Gasteiger partial charge in [-0.05, 0) is 20.3 Å². The first kappa shape index (κ1) is 15.1. The largest absolute Gasteiger partial charge is 0.437 e. The van der Waals surface area contributed by atoms with E-state index in [0.29, 0.717) is 11.0 Å². The summed E-state index contributed by atoms with van der Waals surface area (Å²) in [6.07, 6.45) is 4.69. The van der Waals surface area contributed by atoms with Gasteiger partial charge in [0.25, 0.3) is 5.22 Å². The number of nitrogens with one attached hydrogen (secondary N) is 1. The van der Waals surface area contributed by atoms with Crippen molar-refractivity contribution in [1.29, 1.82) is 0 Å². The molecule has 0 aliphatic heterocycles. The van der Waals surface area contributed by atoms with E-state index in [2.05, 4.69) is 17.2 Å². The molecule has 0 spiro atoms. The minimum absolute atomic E-state index is 0.0463. The fourth-order valence-corrected chi connectivity index (χ4v) is 2.20. The van der Waals surface area contributed by atoms with E-state index in [4.69, 9.17) is 4.42 Å². The van der Waals surface area contributed by atoms with Gasteiger partial charge in [0.2, 0.25) is 5.91 Å². The molecular weight excluding hydrogens is 248 g/mol. The van der Waals surface area contributed by atoms with Crippen molar-refractivity contribution >= 4 is 17.7 Å². The summed E-state index contributed by atoms with van der Waals surface area (Å²) in [6, 6.07) is 0. The normalized spacial score (nSPS) is 10.6. The third-order valence-corrected chi connectivity index (χ3v) is 3.52. The summed E-state index contributed by atoms with van der Waals surface area (Å²) in [4.78, 5) is 15.8. The Balaban J connectivity index is 2.13. The summed E-state index contributed by atoms with van der Waals surface area (Å²) in [7, 11) is 0. The smallest absolute Gasteiger partial charge is 0.256 e. The third kappa shape index (κ3) is 5.58. The molecule has 1 N–H and O–H groups in total. The molecule has 0 fully saturated rings. The van der Waals surface area contributed by atoms with E-state index in [-0.39, 0.29) is 5.91 Å². The minimum Gasteiger partial charge on any atom is -0.437 e. The van der Waals surface area contributed by atoms with Gasteiger partial charge in [-0.15, -0.1) is 0 Å². The van der Waals surface area contributed by atoms with Crippen LogP contribution in [0.1, 0.15) is 44.1 Å². The van der Waals surface area contributed by atoms with E-state index in [0.717, 1.165) is 24.4 Å². The Labute approximate surface area is 113 Å². The second-order valence-corrected chi connectivity index (χ2v) is 5.25. The highest BCUT2D eigenvalue weighted by molar-refractivity contribution is 7.99. The number of nitrogens with zero attached hydrogens (tertiary/aromatic N) is 1. The number of amides is 1. The molecule has 0 saturated heterocycles. The molecule has 0 radical (unpaired) electrons. The number of hydrogen-bond acceptors (Lipinski definition) is 4. The summed E-state index contributed by atoms with van der Waals surface area (Å²) in [6.45, 7) is 6.72. The third-order valence-electron chi connectivity index (χ3n) is 2.69. The summed E-state index contributed by atoms with van der Waals surface area (Å²) >= 11 is 1.34. The van der Waals surface area contributed by atoms with Crippen LogP contribution < -0.4 is 5.32 Å². The van der Waals surface area contributed by atoms with Crippen LogP contribution >= 0.6 is 11.8 Å². The zero-order valence-electron chi connectivity index (χ0n) is 11.4. The van der Waals surface area contributed by atoms with Gasteiger partial charge in [0, 0.05) is 6.54 Å². The van der Waals surface area contributed by atoms with E-state index in [9.17, 15) is 4.79 Å². The number of thioether (sulfide) groups is 1. The standard InChI is InChI=1S/C13H22N2O2S/c1-4-5-6-7-8-14-12(16)9-18-13-15-10(2)11(3)17-13/h4-9H2,1-3H3,(H,14,16). The molecule has 0 aromatic carbocycles. The first-order chi connectivity index (χ1) is 8.63. The summed E-state index contributed by atoms with van der Waals surface area (Å²) in [5, 5.41) is 3.48. The van der Waals surface area contributed by atoms with Crippen LogP contribution in [0, 0.1) is 13.8 Å². The Kier molecular flexibility index (Phi) is 6.86. The van der Waals surface area contributed by atoms with Crippen LogP contribution in [-0.4, -0.2) is 23.2 Å². The maximum Gasteiger partial charge on any atom is 0.256 e. The van der Waals surface area contributed by atoms with Crippen molar-refractivity contribution in [2.75, 3.05) is 12.3 Å². The molecule has 0 aliphatic rings. The van der Waals surface area contributed by atoms with Crippen LogP contribution in [0.4, 0.5) is 0 Å². The number of oxazole rings is 1. The van der Waals surface area contributed by atoms with E-state index in [1.54, 1.807) is 0 Å². The van der Waals surface area contributed by atoms with E-state index in [1.165, 1.54) is 31.0 Å². The van der Waals surface area contributed by atoms with Gasteiger partial charge >= 0.3 is 0 Å². The molecule has 1 amide bonds. The molecular formula is C13H22N2O2S. The van der Waals surface area contributed by atoms with Gasteiger partial charge < -0.3 is 9.73 Å². The molecule has 0 saturated carbocycles. The van der Waals surface area contributed by atoms with E-state index >= 15 is 0 Å². The van der Waals surface area contributed by atoms with Crippen molar-refractivity contribution in [3.63, 3.8) is 0 Å². The highest BCUT2D eigenvalue weighted by Crippen LogP contribution is 2.19. The lowest BCUT2D eigenvalue weighted by Crippen LogP contribution is -2.26. The average molecular weight is 270 g/mol. The van der Waals surface area contributed by atoms with Gasteiger partial charge in [-0.1, -0.05) is 37.9 Å². The second kappa shape index (κ2) is 8.19. The molecule has 1 aromatic rings. The Morgan fingerprint density at radius 2 is 2.11 bits per heavy atom. The van der Waals surface area contributed by atoms with Crippen molar-refractivity contribution in [3.8, 4) is 0 Å². The maximum absolute atomic E-state index is 11.5. The van der Waals surface area contributed by atoms with Crippen LogP contribution in [0.3, 0.4) is 0 Å². The molecule has 1 heterocycles. The van der Waals surface area contributed by atoms with Gasteiger partial charge in [0.05, 0.1) is 11.4 Å². The number of unbranched alkanes of at least 4 members (excludes halogenated alkanes) is 3. The average Bonchev–Trinajstić information content (AvgIpc) is 2.66. The topological polar surface area (TPSA) is 55.1 Å². The zero-order valence-corrected chi connectivity index (χ0v) is 12.2. The molecule has 5 heteroatoms. The van der Waals surface area contributed by atoms with Crippen LogP contribution in [0.2, 0.25) is 0 Å². The Hall–Kier alpha value is -0.970. The van der Waals surface area contributed by atoms with Crippen LogP contribution in [0.15, 0.2) is 9.64 Å². The molecule has 18 heavy (non-hydrogen) atoms. The fourth-order valence-electron chi connectivity index (χ4n) is 1.46. The van der Waals surface area contributed by atoms with Gasteiger partial charge in [0.1, 0.15) is 5.76 Å². The van der Waals surface area contributed by atoms with Crippen LogP contribution in [0.5, 0.6) is 0 Å². The lowest BCUT2D eigenvalue weighted by Gasteiger charge is -2.03. The lowest BCUT2D eigenvalue weighted by atomic mass is 10.2. The van der Waals surface area contributed by atoms with Crippen molar-refractivity contribution in [3.05, 3.63) is 11.5 Å². The SMILES string of the molecule is CCCCCCNC(=O)CSc1nc(C)c(C)o1. The van der Waals surface area contributed by atoms with Gasteiger partial charge in [0.15, 0.2) is 0 Å². The van der Waals surface area contributed by atoms with E-state index < -0.39 is 0 Å². The molecule has 4 nitrogen and oxygen atoms in total. The zero-order chi connectivity index (χ0) is 13.4.